The molecule has 2 aromatic carbocycles. The van der Waals surface area contributed by atoms with Crippen LogP contribution < -0.4 is 0 Å². The van der Waals surface area contributed by atoms with Gasteiger partial charge in [-0.2, -0.15) is 0 Å². The van der Waals surface area contributed by atoms with E-state index in [1.54, 1.807) is 0 Å². The Bertz CT molecular complexity index is 920. The lowest BCUT2D eigenvalue weighted by atomic mass is 10.1. The second-order valence-corrected chi connectivity index (χ2v) is 7.71. The molecular formula is C20H18FN3OS. The molecule has 0 N–H and O–H groups in total. The summed E-state index contributed by atoms with van der Waals surface area (Å²) in [5.41, 5.74) is 1.47. The summed E-state index contributed by atoms with van der Waals surface area (Å²) in [4.78, 5) is 17.2. The molecule has 1 aliphatic rings. The minimum absolute atomic E-state index is 0.0565. The first kappa shape index (κ1) is 17.0. The Balaban J connectivity index is 1.56. The largest absolute Gasteiger partial charge is 0.293 e. The maximum Gasteiger partial charge on any atom is 0.209 e. The van der Waals surface area contributed by atoms with E-state index in [-0.39, 0.29) is 16.9 Å². The Morgan fingerprint density at radius 2 is 1.85 bits per heavy atom. The first-order chi connectivity index (χ1) is 12.6. The lowest BCUT2D eigenvalue weighted by Crippen LogP contribution is -2.13. The van der Waals surface area contributed by atoms with Gasteiger partial charge in [0.05, 0.1) is 10.9 Å². The Morgan fingerprint density at radius 3 is 2.50 bits per heavy atom. The number of nitrogens with zero attached hydrogens (tertiary/aromatic N) is 3. The van der Waals surface area contributed by atoms with Crippen LogP contribution in [0.15, 0.2) is 59.8 Å². The van der Waals surface area contributed by atoms with E-state index in [4.69, 9.17) is 0 Å². The molecule has 0 unspecified atom stereocenters. The van der Waals surface area contributed by atoms with Crippen LogP contribution in [0.2, 0.25) is 0 Å². The van der Waals surface area contributed by atoms with Crippen molar-refractivity contribution in [2.24, 2.45) is 0 Å². The SMILES string of the molecule is C[C@H](Sc1nc(C2CC2)n(-c2ccccc2)n1)C(=O)c1ccc(F)cc1. The van der Waals surface area contributed by atoms with Gasteiger partial charge in [-0.15, -0.1) is 5.10 Å². The van der Waals surface area contributed by atoms with Crippen molar-refractivity contribution < 1.29 is 9.18 Å². The van der Waals surface area contributed by atoms with Crippen LogP contribution in [-0.4, -0.2) is 25.8 Å². The van der Waals surface area contributed by atoms with E-state index in [9.17, 15) is 9.18 Å². The fourth-order valence-electron chi connectivity index (χ4n) is 2.78. The molecule has 0 bridgehead atoms. The topological polar surface area (TPSA) is 47.8 Å². The molecule has 1 aliphatic carbocycles. The molecule has 0 spiro atoms. The van der Waals surface area contributed by atoms with E-state index in [0.717, 1.165) is 24.4 Å². The van der Waals surface area contributed by atoms with Crippen LogP contribution >= 0.6 is 11.8 Å². The van der Waals surface area contributed by atoms with Gasteiger partial charge in [0.25, 0.3) is 0 Å². The van der Waals surface area contributed by atoms with E-state index in [2.05, 4.69) is 10.1 Å². The molecule has 4 nitrogen and oxygen atoms in total. The lowest BCUT2D eigenvalue weighted by Gasteiger charge is -2.07. The third kappa shape index (κ3) is 3.55. The molecule has 6 heteroatoms. The van der Waals surface area contributed by atoms with Crippen molar-refractivity contribution in [1.82, 2.24) is 14.8 Å². The standard InChI is InChI=1S/C20H18FN3OS/c1-13(18(25)14-9-11-16(21)12-10-14)26-20-22-19(15-7-8-15)24(23-20)17-5-3-2-4-6-17/h2-6,9-13,15H,7-8H2,1H3/t13-/m0/s1. The van der Waals surface area contributed by atoms with Gasteiger partial charge < -0.3 is 0 Å². The number of aromatic nitrogens is 3. The van der Waals surface area contributed by atoms with Crippen molar-refractivity contribution in [2.75, 3.05) is 0 Å². The molecule has 1 aromatic heterocycles. The number of hydrogen-bond donors (Lipinski definition) is 0. The number of benzene rings is 2. The average Bonchev–Trinajstić information content (AvgIpc) is 3.43. The van der Waals surface area contributed by atoms with Crippen LogP contribution in [0, 0.1) is 5.82 Å². The highest BCUT2D eigenvalue weighted by Gasteiger charge is 2.31. The quantitative estimate of drug-likeness (QED) is 0.470. The molecular weight excluding hydrogens is 349 g/mol. The molecule has 1 saturated carbocycles. The van der Waals surface area contributed by atoms with Crippen LogP contribution in [-0.2, 0) is 0 Å². The summed E-state index contributed by atoms with van der Waals surface area (Å²) in [5, 5.41) is 4.88. The van der Waals surface area contributed by atoms with Gasteiger partial charge in [-0.3, -0.25) is 4.79 Å². The summed E-state index contributed by atoms with van der Waals surface area (Å²) in [5.74, 6) is 0.999. The summed E-state index contributed by atoms with van der Waals surface area (Å²) >= 11 is 1.34. The molecule has 0 saturated heterocycles. The summed E-state index contributed by atoms with van der Waals surface area (Å²) in [7, 11) is 0. The van der Waals surface area contributed by atoms with Gasteiger partial charge in [-0.25, -0.2) is 14.1 Å². The molecule has 0 amide bonds. The van der Waals surface area contributed by atoms with Crippen LogP contribution in [0.5, 0.6) is 0 Å². The van der Waals surface area contributed by atoms with Gasteiger partial charge >= 0.3 is 0 Å². The molecule has 0 aliphatic heterocycles. The van der Waals surface area contributed by atoms with E-state index in [0.29, 0.717) is 16.6 Å². The van der Waals surface area contributed by atoms with Crippen LogP contribution in [0.1, 0.15) is 41.9 Å². The van der Waals surface area contributed by atoms with Crippen molar-refractivity contribution in [1.29, 1.82) is 0 Å². The first-order valence-electron chi connectivity index (χ1n) is 8.60. The van der Waals surface area contributed by atoms with Crippen LogP contribution in [0.25, 0.3) is 5.69 Å². The fraction of sp³-hybridized carbons (Fsp3) is 0.250. The third-order valence-electron chi connectivity index (χ3n) is 4.34. The predicted molar refractivity (Wildman–Crippen MR) is 99.4 cm³/mol. The number of thioether (sulfide) groups is 1. The highest BCUT2D eigenvalue weighted by molar-refractivity contribution is 8.00. The van der Waals surface area contributed by atoms with Crippen LogP contribution in [0.4, 0.5) is 4.39 Å². The van der Waals surface area contributed by atoms with Crippen LogP contribution in [0.3, 0.4) is 0 Å². The number of carbonyl (C=O) groups excluding carboxylic acids is 1. The zero-order valence-corrected chi connectivity index (χ0v) is 15.1. The number of halogens is 1. The number of Topliss-reactive ketones (excluding diaryl/α,β-unsaturated/α-hetero) is 1. The minimum Gasteiger partial charge on any atom is -0.293 e. The number of hydrogen-bond acceptors (Lipinski definition) is 4. The smallest absolute Gasteiger partial charge is 0.209 e. The van der Waals surface area contributed by atoms with Gasteiger partial charge in [0.2, 0.25) is 5.16 Å². The second kappa shape index (κ2) is 7.03. The lowest BCUT2D eigenvalue weighted by molar-refractivity contribution is 0.0994. The van der Waals surface area contributed by atoms with Crippen molar-refractivity contribution in [3.05, 3.63) is 71.8 Å². The molecule has 1 heterocycles. The molecule has 0 radical (unpaired) electrons. The van der Waals surface area contributed by atoms with E-state index in [1.165, 1.54) is 36.0 Å². The molecule has 132 valence electrons. The van der Waals surface area contributed by atoms with Crippen molar-refractivity contribution in [3.63, 3.8) is 0 Å². The predicted octanol–water partition coefficient (Wildman–Crippen LogP) is 4.65. The third-order valence-corrected chi connectivity index (χ3v) is 5.29. The normalized spacial score (nSPS) is 15.0. The van der Waals surface area contributed by atoms with E-state index < -0.39 is 0 Å². The van der Waals surface area contributed by atoms with Gasteiger partial charge in [-0.1, -0.05) is 30.0 Å². The maximum absolute atomic E-state index is 13.0. The van der Waals surface area contributed by atoms with Crippen molar-refractivity contribution in [2.45, 2.75) is 36.1 Å². The zero-order valence-electron chi connectivity index (χ0n) is 14.3. The average molecular weight is 367 g/mol. The monoisotopic (exact) mass is 367 g/mol. The Hall–Kier alpha value is -2.47. The van der Waals surface area contributed by atoms with Gasteiger partial charge in [0.15, 0.2) is 5.78 Å². The molecule has 1 fully saturated rings. The first-order valence-corrected chi connectivity index (χ1v) is 9.48. The van der Waals surface area contributed by atoms with E-state index in [1.807, 2.05) is 41.9 Å². The van der Waals surface area contributed by atoms with Crippen molar-refractivity contribution in [3.8, 4) is 5.69 Å². The zero-order chi connectivity index (χ0) is 18.1. The van der Waals surface area contributed by atoms with E-state index >= 15 is 0 Å². The number of ketones is 1. The molecule has 1 atom stereocenters. The molecule has 26 heavy (non-hydrogen) atoms. The second-order valence-electron chi connectivity index (χ2n) is 6.41. The minimum atomic E-state index is -0.348. The number of rotatable bonds is 6. The summed E-state index contributed by atoms with van der Waals surface area (Å²) in [6.45, 7) is 1.83. The molecule has 4 rings (SSSR count). The van der Waals surface area contributed by atoms with Gasteiger partial charge in [0.1, 0.15) is 11.6 Å². The maximum atomic E-state index is 13.0. The summed E-state index contributed by atoms with van der Waals surface area (Å²) < 4.78 is 14.9. The Morgan fingerprint density at radius 1 is 1.15 bits per heavy atom. The Labute approximate surface area is 155 Å². The highest BCUT2D eigenvalue weighted by Crippen LogP contribution is 2.40. The van der Waals surface area contributed by atoms with Gasteiger partial charge in [-0.05, 0) is 56.2 Å². The molecule has 3 aromatic rings. The number of para-hydroxylation sites is 1. The fourth-order valence-corrected chi connectivity index (χ4v) is 3.61. The van der Waals surface area contributed by atoms with Gasteiger partial charge in [0, 0.05) is 11.5 Å². The highest BCUT2D eigenvalue weighted by atomic mass is 32.2. The van der Waals surface area contributed by atoms with Crippen molar-refractivity contribution >= 4 is 17.5 Å². The number of carbonyl (C=O) groups is 1. The Kier molecular flexibility index (Phi) is 4.59. The summed E-state index contributed by atoms with van der Waals surface area (Å²) in [6, 6.07) is 15.6. The summed E-state index contributed by atoms with van der Waals surface area (Å²) in [6.07, 6.45) is 2.25.